The second kappa shape index (κ2) is 7.49. The number of rotatable bonds is 6. The van der Waals surface area contributed by atoms with E-state index in [0.717, 1.165) is 37.9 Å². The van der Waals surface area contributed by atoms with Crippen molar-refractivity contribution in [3.05, 3.63) is 27.9 Å². The van der Waals surface area contributed by atoms with Gasteiger partial charge >= 0.3 is 0 Å². The summed E-state index contributed by atoms with van der Waals surface area (Å²) in [6.07, 6.45) is 4.55. The quantitative estimate of drug-likeness (QED) is 0.597. The van der Waals surface area contributed by atoms with Gasteiger partial charge < -0.3 is 11.1 Å². The van der Waals surface area contributed by atoms with Crippen LogP contribution < -0.4 is 11.1 Å². The highest BCUT2D eigenvalue weighted by Gasteiger charge is 2.27. The van der Waals surface area contributed by atoms with Gasteiger partial charge in [0.2, 0.25) is 0 Å². The average Bonchev–Trinajstić information content (AvgIpc) is 2.54. The van der Waals surface area contributed by atoms with Crippen molar-refractivity contribution >= 4 is 28.2 Å². The molecule has 1 fully saturated rings. The molecule has 0 spiro atoms. The number of anilines is 1. The number of hydrogen-bond donors (Lipinski definition) is 2. The molecule has 1 aromatic rings. The van der Waals surface area contributed by atoms with Crippen LogP contribution in [0, 0.1) is 10.1 Å². The Morgan fingerprint density at radius 3 is 2.91 bits per heavy atom. The lowest BCUT2D eigenvalue weighted by Gasteiger charge is -2.29. The summed E-state index contributed by atoms with van der Waals surface area (Å²) >= 11 is 0. The van der Waals surface area contributed by atoms with E-state index in [1.54, 1.807) is 0 Å². The Labute approximate surface area is 136 Å². The number of nitrogens with one attached hydrogen (secondary N) is 1. The van der Waals surface area contributed by atoms with Crippen molar-refractivity contribution in [2.24, 2.45) is 5.73 Å². The predicted octanol–water partition coefficient (Wildman–Crippen LogP) is 1.58. The SMILES string of the molecule is CCS(=O)C1CCCC(Nc2ncc([N+](=O)[O-])cc2C(N)=O)C1. The fourth-order valence-corrected chi connectivity index (χ4v) is 4.15. The van der Waals surface area contributed by atoms with Crippen LogP contribution in [0.25, 0.3) is 0 Å². The van der Waals surface area contributed by atoms with Gasteiger partial charge in [-0.25, -0.2) is 4.98 Å². The van der Waals surface area contributed by atoms with Gasteiger partial charge in [0, 0.05) is 33.9 Å². The third-order valence-corrected chi connectivity index (χ3v) is 5.71. The van der Waals surface area contributed by atoms with Crippen molar-refractivity contribution in [1.29, 1.82) is 0 Å². The van der Waals surface area contributed by atoms with Gasteiger partial charge in [0.1, 0.15) is 12.0 Å². The van der Waals surface area contributed by atoms with Crippen LogP contribution in [0.5, 0.6) is 0 Å². The van der Waals surface area contributed by atoms with Gasteiger partial charge in [0.05, 0.1) is 10.5 Å². The van der Waals surface area contributed by atoms with Crippen molar-refractivity contribution in [1.82, 2.24) is 4.98 Å². The molecule has 1 amide bonds. The molecule has 1 aliphatic rings. The Morgan fingerprint density at radius 1 is 1.57 bits per heavy atom. The molecule has 1 aromatic heterocycles. The third-order valence-electron chi connectivity index (χ3n) is 3.97. The van der Waals surface area contributed by atoms with Crippen LogP contribution in [0.1, 0.15) is 43.0 Å². The number of carbonyl (C=O) groups excluding carboxylic acids is 1. The van der Waals surface area contributed by atoms with Crippen molar-refractivity contribution in [3.63, 3.8) is 0 Å². The highest BCUT2D eigenvalue weighted by Crippen LogP contribution is 2.27. The van der Waals surface area contributed by atoms with Crippen LogP contribution >= 0.6 is 0 Å². The largest absolute Gasteiger partial charge is 0.367 e. The molecule has 0 bridgehead atoms. The minimum atomic E-state index is -0.857. The molecule has 8 nitrogen and oxygen atoms in total. The van der Waals surface area contributed by atoms with Crippen LogP contribution in [0.15, 0.2) is 12.3 Å². The molecule has 3 atom stereocenters. The monoisotopic (exact) mass is 340 g/mol. The lowest BCUT2D eigenvalue weighted by molar-refractivity contribution is -0.385. The maximum absolute atomic E-state index is 12.0. The standard InChI is InChI=1S/C14H20N4O4S/c1-2-23(22)11-5-3-4-9(6-11)17-14-12(13(15)19)7-10(8-16-14)18(20)21/h7-9,11H,2-6H2,1H3,(H2,15,19)(H,16,17). The van der Waals surface area contributed by atoms with Gasteiger partial charge in [-0.2, -0.15) is 0 Å². The first kappa shape index (κ1) is 17.3. The van der Waals surface area contributed by atoms with E-state index in [1.165, 1.54) is 0 Å². The van der Waals surface area contributed by atoms with Crippen molar-refractivity contribution < 1.29 is 13.9 Å². The number of nitrogens with zero attached hydrogens (tertiary/aromatic N) is 2. The molecule has 3 unspecified atom stereocenters. The van der Waals surface area contributed by atoms with E-state index in [9.17, 15) is 19.1 Å². The van der Waals surface area contributed by atoms with Gasteiger partial charge in [0.15, 0.2) is 0 Å². The molecule has 1 saturated carbocycles. The smallest absolute Gasteiger partial charge is 0.288 e. The average molecular weight is 340 g/mol. The summed E-state index contributed by atoms with van der Waals surface area (Å²) in [6, 6.07) is 1.15. The Kier molecular flexibility index (Phi) is 5.64. The van der Waals surface area contributed by atoms with E-state index in [-0.39, 0.29) is 28.4 Å². The number of pyridine rings is 1. The van der Waals surface area contributed by atoms with E-state index >= 15 is 0 Å². The van der Waals surface area contributed by atoms with Crippen LogP contribution in [0.4, 0.5) is 11.5 Å². The number of nitrogens with two attached hydrogens (primary N) is 1. The predicted molar refractivity (Wildman–Crippen MR) is 87.8 cm³/mol. The fourth-order valence-electron chi connectivity index (χ4n) is 2.80. The van der Waals surface area contributed by atoms with Crippen LogP contribution in [-0.2, 0) is 10.8 Å². The molecular weight excluding hydrogens is 320 g/mol. The van der Waals surface area contributed by atoms with Crippen LogP contribution in [0.2, 0.25) is 0 Å². The van der Waals surface area contributed by atoms with Crippen LogP contribution in [0.3, 0.4) is 0 Å². The normalized spacial score (nSPS) is 22.3. The zero-order valence-corrected chi connectivity index (χ0v) is 13.7. The molecular formula is C14H20N4O4S. The van der Waals surface area contributed by atoms with Crippen molar-refractivity contribution in [3.8, 4) is 0 Å². The highest BCUT2D eigenvalue weighted by atomic mass is 32.2. The number of hydrogen-bond acceptors (Lipinski definition) is 6. The number of primary amides is 1. The minimum absolute atomic E-state index is 0.00191. The molecule has 0 aliphatic heterocycles. The summed E-state index contributed by atoms with van der Waals surface area (Å²) in [6.45, 7) is 1.90. The van der Waals surface area contributed by atoms with E-state index in [4.69, 9.17) is 5.73 Å². The first-order valence-electron chi connectivity index (χ1n) is 7.50. The molecule has 2 rings (SSSR count). The van der Waals surface area contributed by atoms with Gasteiger partial charge in [-0.3, -0.25) is 19.1 Å². The Morgan fingerprint density at radius 2 is 2.30 bits per heavy atom. The molecule has 3 N–H and O–H groups in total. The second-order valence-electron chi connectivity index (χ2n) is 5.51. The lowest BCUT2D eigenvalue weighted by atomic mass is 9.95. The summed E-state index contributed by atoms with van der Waals surface area (Å²) in [5.74, 6) is 0.101. The Balaban J connectivity index is 2.17. The van der Waals surface area contributed by atoms with E-state index in [0.29, 0.717) is 5.75 Å². The summed E-state index contributed by atoms with van der Waals surface area (Å²) in [5.41, 5.74) is 5.01. The van der Waals surface area contributed by atoms with Crippen LogP contribution in [-0.4, -0.2) is 37.1 Å². The number of amides is 1. The first-order chi connectivity index (χ1) is 10.9. The summed E-state index contributed by atoms with van der Waals surface area (Å²) < 4.78 is 12.0. The van der Waals surface area contributed by atoms with Crippen molar-refractivity contribution in [2.75, 3.05) is 11.1 Å². The molecule has 126 valence electrons. The zero-order valence-electron chi connectivity index (χ0n) is 12.9. The van der Waals surface area contributed by atoms with Gasteiger partial charge in [0.25, 0.3) is 11.6 Å². The molecule has 0 aromatic carbocycles. The van der Waals surface area contributed by atoms with Crippen molar-refractivity contribution in [2.45, 2.75) is 43.9 Å². The van der Waals surface area contributed by atoms with Gasteiger partial charge in [-0.1, -0.05) is 13.3 Å². The molecule has 1 heterocycles. The zero-order chi connectivity index (χ0) is 17.0. The summed E-state index contributed by atoms with van der Waals surface area (Å²) in [4.78, 5) is 25.7. The first-order valence-corrected chi connectivity index (χ1v) is 8.88. The molecule has 0 saturated heterocycles. The molecule has 23 heavy (non-hydrogen) atoms. The number of nitro groups is 1. The maximum atomic E-state index is 12.0. The molecule has 0 radical (unpaired) electrons. The Bertz CT molecular complexity index is 637. The summed E-state index contributed by atoms with van der Waals surface area (Å²) in [5, 5.41) is 14.1. The highest BCUT2D eigenvalue weighted by molar-refractivity contribution is 7.85. The third kappa shape index (κ3) is 4.25. The minimum Gasteiger partial charge on any atom is -0.367 e. The second-order valence-corrected chi connectivity index (χ2v) is 7.52. The number of carbonyl (C=O) groups is 1. The Hall–Kier alpha value is -2.03. The topological polar surface area (TPSA) is 128 Å². The maximum Gasteiger partial charge on any atom is 0.288 e. The van der Waals surface area contributed by atoms with E-state index in [1.807, 2.05) is 6.92 Å². The molecule has 9 heteroatoms. The lowest BCUT2D eigenvalue weighted by Crippen LogP contribution is -2.34. The van der Waals surface area contributed by atoms with Gasteiger partial charge in [-0.05, 0) is 19.3 Å². The van der Waals surface area contributed by atoms with E-state index < -0.39 is 21.6 Å². The fraction of sp³-hybridized carbons (Fsp3) is 0.571. The van der Waals surface area contributed by atoms with E-state index in [2.05, 4.69) is 10.3 Å². The number of aromatic nitrogens is 1. The van der Waals surface area contributed by atoms with Gasteiger partial charge in [-0.15, -0.1) is 0 Å². The summed E-state index contributed by atoms with van der Waals surface area (Å²) in [7, 11) is -0.857. The molecule has 1 aliphatic carbocycles.